The zero-order chi connectivity index (χ0) is 14.2. The fourth-order valence-corrected chi connectivity index (χ4v) is 3.01. The van der Waals surface area contributed by atoms with E-state index >= 15 is 0 Å². The van der Waals surface area contributed by atoms with Crippen LogP contribution in [0.5, 0.6) is 0 Å². The molecular weight excluding hydrogens is 262 g/mol. The Kier molecular flexibility index (Phi) is 2.88. The first-order valence-electron chi connectivity index (χ1n) is 7.42. The van der Waals surface area contributed by atoms with Crippen molar-refractivity contribution >= 4 is 17.3 Å². The Morgan fingerprint density at radius 3 is 2.57 bits per heavy atom. The molecule has 0 radical (unpaired) electrons. The molecule has 1 aliphatic heterocycles. The van der Waals surface area contributed by atoms with Crippen LogP contribution in [0.15, 0.2) is 48.8 Å². The fraction of sp³-hybridized carbons (Fsp3) is 0.294. The van der Waals surface area contributed by atoms with Crippen LogP contribution >= 0.6 is 0 Å². The molecule has 4 nitrogen and oxygen atoms in total. The van der Waals surface area contributed by atoms with E-state index in [4.69, 9.17) is 0 Å². The van der Waals surface area contributed by atoms with Crippen LogP contribution in [0.3, 0.4) is 0 Å². The minimum Gasteiger partial charge on any atom is -0.365 e. The Balaban J connectivity index is 1.71. The average molecular weight is 279 g/mol. The minimum atomic E-state index is 0.0333. The highest BCUT2D eigenvalue weighted by Gasteiger charge is 2.35. The molecule has 4 heteroatoms. The number of carbonyl (C=O) groups excluding carboxylic acids is 1. The molecule has 0 unspecified atom stereocenters. The summed E-state index contributed by atoms with van der Waals surface area (Å²) in [6.45, 7) is 1.65. The summed E-state index contributed by atoms with van der Waals surface area (Å²) in [5.74, 6) is 0.0333. The molecule has 0 spiro atoms. The third kappa shape index (κ3) is 2.17. The second-order valence-corrected chi connectivity index (χ2v) is 5.61. The molecule has 1 amide bonds. The summed E-state index contributed by atoms with van der Waals surface area (Å²) in [5.41, 5.74) is 2.85. The number of pyridine rings is 1. The van der Waals surface area contributed by atoms with E-state index < -0.39 is 0 Å². The number of nitrogens with zero attached hydrogens (tertiary/aromatic N) is 3. The topological polar surface area (TPSA) is 36.4 Å². The summed E-state index contributed by atoms with van der Waals surface area (Å²) in [7, 11) is 0. The van der Waals surface area contributed by atoms with Crippen LogP contribution < -0.4 is 9.80 Å². The quantitative estimate of drug-likeness (QED) is 0.848. The molecule has 0 saturated heterocycles. The number of carbonyl (C=O) groups is 1. The van der Waals surface area contributed by atoms with Gasteiger partial charge in [0, 0.05) is 31.5 Å². The summed E-state index contributed by atoms with van der Waals surface area (Å²) < 4.78 is 0. The van der Waals surface area contributed by atoms with Gasteiger partial charge in [-0.05, 0) is 37.1 Å². The van der Waals surface area contributed by atoms with Gasteiger partial charge in [-0.25, -0.2) is 0 Å². The van der Waals surface area contributed by atoms with E-state index in [0.717, 1.165) is 18.8 Å². The van der Waals surface area contributed by atoms with E-state index in [9.17, 15) is 4.79 Å². The maximum absolute atomic E-state index is 12.7. The number of aromatic nitrogens is 1. The molecule has 0 bridgehead atoms. The third-order valence-corrected chi connectivity index (χ3v) is 4.19. The largest absolute Gasteiger partial charge is 0.365 e. The first-order valence-corrected chi connectivity index (χ1v) is 7.42. The number of anilines is 2. The predicted octanol–water partition coefficient (Wildman–Crippen LogP) is 2.71. The first-order chi connectivity index (χ1) is 10.3. The van der Waals surface area contributed by atoms with Gasteiger partial charge in [0.25, 0.3) is 5.91 Å². The maximum atomic E-state index is 12.7. The molecule has 1 saturated carbocycles. The molecule has 0 N–H and O–H groups in total. The van der Waals surface area contributed by atoms with Crippen LogP contribution in [0.25, 0.3) is 0 Å². The van der Waals surface area contributed by atoms with Gasteiger partial charge >= 0.3 is 0 Å². The minimum absolute atomic E-state index is 0.0333. The number of rotatable bonds is 2. The molecule has 1 aromatic carbocycles. The van der Waals surface area contributed by atoms with E-state index in [0.29, 0.717) is 11.6 Å². The smallest absolute Gasteiger partial charge is 0.259 e. The number of para-hydroxylation sites is 2. The third-order valence-electron chi connectivity index (χ3n) is 4.19. The Bertz CT molecular complexity index is 667. The molecule has 2 heterocycles. The molecule has 1 fully saturated rings. The van der Waals surface area contributed by atoms with Gasteiger partial charge in [0.2, 0.25) is 0 Å². The van der Waals surface area contributed by atoms with Gasteiger partial charge in [-0.15, -0.1) is 0 Å². The second-order valence-electron chi connectivity index (χ2n) is 5.61. The van der Waals surface area contributed by atoms with Gasteiger partial charge in [0.15, 0.2) is 0 Å². The van der Waals surface area contributed by atoms with Crippen molar-refractivity contribution in [3.8, 4) is 0 Å². The van der Waals surface area contributed by atoms with Gasteiger partial charge in [-0.1, -0.05) is 12.1 Å². The Labute approximate surface area is 124 Å². The zero-order valence-electron chi connectivity index (χ0n) is 11.8. The first kappa shape index (κ1) is 12.4. The summed E-state index contributed by atoms with van der Waals surface area (Å²) >= 11 is 0. The van der Waals surface area contributed by atoms with Crippen molar-refractivity contribution in [3.63, 3.8) is 0 Å². The van der Waals surface area contributed by atoms with E-state index in [1.807, 2.05) is 29.2 Å². The van der Waals surface area contributed by atoms with Crippen LogP contribution in [-0.2, 0) is 0 Å². The summed E-state index contributed by atoms with van der Waals surface area (Å²) in [6, 6.07) is 12.5. The molecule has 106 valence electrons. The van der Waals surface area contributed by atoms with Crippen molar-refractivity contribution in [3.05, 3.63) is 54.4 Å². The lowest BCUT2D eigenvalue weighted by Gasteiger charge is -2.38. The Hall–Kier alpha value is -2.36. The summed E-state index contributed by atoms with van der Waals surface area (Å²) in [4.78, 5) is 21.1. The molecule has 1 aromatic heterocycles. The molecule has 2 aliphatic rings. The van der Waals surface area contributed by atoms with E-state index in [1.54, 1.807) is 18.5 Å². The number of amides is 1. The van der Waals surface area contributed by atoms with E-state index in [-0.39, 0.29) is 5.91 Å². The number of benzene rings is 1. The maximum Gasteiger partial charge on any atom is 0.259 e. The van der Waals surface area contributed by atoms with Crippen LogP contribution in [0.4, 0.5) is 11.4 Å². The van der Waals surface area contributed by atoms with Gasteiger partial charge in [0.05, 0.1) is 16.9 Å². The number of fused-ring (bicyclic) bond motifs is 1. The van der Waals surface area contributed by atoms with E-state index in [2.05, 4.69) is 16.0 Å². The Morgan fingerprint density at radius 2 is 1.86 bits per heavy atom. The molecular formula is C17H17N3O. The lowest BCUT2D eigenvalue weighted by molar-refractivity contribution is 0.0986. The van der Waals surface area contributed by atoms with Crippen LogP contribution in [0, 0.1) is 0 Å². The molecule has 0 atom stereocenters. The second kappa shape index (κ2) is 4.88. The van der Waals surface area contributed by atoms with Crippen molar-refractivity contribution < 1.29 is 4.79 Å². The fourth-order valence-electron chi connectivity index (χ4n) is 3.01. The van der Waals surface area contributed by atoms with Crippen LogP contribution in [-0.4, -0.2) is 30.0 Å². The SMILES string of the molecule is O=C(c1cccnc1)N1CCN(C2CC2)c2ccccc21. The number of hydrogen-bond donors (Lipinski definition) is 0. The van der Waals surface area contributed by atoms with Gasteiger partial charge in [0.1, 0.15) is 0 Å². The number of hydrogen-bond acceptors (Lipinski definition) is 3. The van der Waals surface area contributed by atoms with Crippen molar-refractivity contribution in [1.82, 2.24) is 4.98 Å². The van der Waals surface area contributed by atoms with Crippen molar-refractivity contribution in [2.75, 3.05) is 22.9 Å². The average Bonchev–Trinajstić information content (AvgIpc) is 3.39. The van der Waals surface area contributed by atoms with Gasteiger partial charge < -0.3 is 9.80 Å². The van der Waals surface area contributed by atoms with Gasteiger partial charge in [-0.2, -0.15) is 0 Å². The predicted molar refractivity (Wildman–Crippen MR) is 82.7 cm³/mol. The zero-order valence-corrected chi connectivity index (χ0v) is 11.8. The van der Waals surface area contributed by atoms with E-state index in [1.165, 1.54) is 18.5 Å². The van der Waals surface area contributed by atoms with Crippen LogP contribution in [0.1, 0.15) is 23.2 Å². The highest BCUT2D eigenvalue weighted by Crippen LogP contribution is 2.40. The standard InChI is InChI=1S/C17H17N3O/c21-17(13-4-3-9-18-12-13)20-11-10-19(14-7-8-14)15-5-1-2-6-16(15)20/h1-6,9,12,14H,7-8,10-11H2. The summed E-state index contributed by atoms with van der Waals surface area (Å²) in [5, 5.41) is 0. The lowest BCUT2D eigenvalue weighted by Crippen LogP contribution is -2.45. The normalized spacial score (nSPS) is 17.5. The monoisotopic (exact) mass is 279 g/mol. The van der Waals surface area contributed by atoms with Crippen LogP contribution in [0.2, 0.25) is 0 Å². The molecule has 2 aromatic rings. The highest BCUT2D eigenvalue weighted by atomic mass is 16.2. The molecule has 4 rings (SSSR count). The van der Waals surface area contributed by atoms with Crippen molar-refractivity contribution in [1.29, 1.82) is 0 Å². The van der Waals surface area contributed by atoms with Crippen molar-refractivity contribution in [2.45, 2.75) is 18.9 Å². The lowest BCUT2D eigenvalue weighted by atomic mass is 10.1. The Morgan fingerprint density at radius 1 is 1.05 bits per heavy atom. The molecule has 1 aliphatic carbocycles. The summed E-state index contributed by atoms with van der Waals surface area (Å²) in [6.07, 6.45) is 5.86. The van der Waals surface area contributed by atoms with Crippen molar-refractivity contribution in [2.24, 2.45) is 0 Å². The molecule has 21 heavy (non-hydrogen) atoms. The van der Waals surface area contributed by atoms with Gasteiger partial charge in [-0.3, -0.25) is 9.78 Å². The highest BCUT2D eigenvalue weighted by molar-refractivity contribution is 6.08.